The van der Waals surface area contributed by atoms with Crippen LogP contribution in [0.1, 0.15) is 98.3 Å². The van der Waals surface area contributed by atoms with E-state index in [1.165, 1.54) is 0 Å². The molecule has 0 aromatic heterocycles. The third-order valence-corrected chi connectivity index (χ3v) is 5.12. The minimum atomic E-state index is -0.374. The summed E-state index contributed by atoms with van der Waals surface area (Å²) < 4.78 is 5.58. The van der Waals surface area contributed by atoms with Gasteiger partial charge < -0.3 is 4.74 Å². The highest BCUT2D eigenvalue weighted by molar-refractivity contribution is 5.80. The van der Waals surface area contributed by atoms with E-state index in [0.717, 1.165) is 70.6 Å². The Hall–Kier alpha value is -1.83. The van der Waals surface area contributed by atoms with Gasteiger partial charge in [0.15, 0.2) is 0 Å². The van der Waals surface area contributed by atoms with Crippen molar-refractivity contribution >= 4 is 5.97 Å². The van der Waals surface area contributed by atoms with Gasteiger partial charge in [0.25, 0.3) is 0 Å². The van der Waals surface area contributed by atoms with Gasteiger partial charge in [-0.1, -0.05) is 74.1 Å². The molecule has 0 aromatic carbocycles. The molecule has 0 radical (unpaired) electrons. The highest BCUT2D eigenvalue weighted by atomic mass is 16.6. The van der Waals surface area contributed by atoms with Crippen LogP contribution in [0.5, 0.6) is 0 Å². The highest BCUT2D eigenvalue weighted by Crippen LogP contribution is 2.51. The van der Waals surface area contributed by atoms with Crippen molar-refractivity contribution in [2.24, 2.45) is 5.41 Å². The summed E-state index contributed by atoms with van der Waals surface area (Å²) in [6, 6.07) is 0. The van der Waals surface area contributed by atoms with Crippen LogP contribution < -0.4 is 0 Å². The van der Waals surface area contributed by atoms with E-state index in [1.807, 2.05) is 20.8 Å². The van der Waals surface area contributed by atoms with E-state index in [-0.39, 0.29) is 17.0 Å². The van der Waals surface area contributed by atoms with Crippen LogP contribution in [-0.2, 0) is 9.53 Å². The third kappa shape index (κ3) is 13.4. The van der Waals surface area contributed by atoms with E-state index < -0.39 is 0 Å². The van der Waals surface area contributed by atoms with Gasteiger partial charge in [-0.3, -0.25) is 4.79 Å². The molecule has 0 atom stereocenters. The van der Waals surface area contributed by atoms with Crippen molar-refractivity contribution in [2.45, 2.75) is 104 Å². The fourth-order valence-corrected chi connectivity index (χ4v) is 3.19. The Morgan fingerprint density at radius 3 is 1.67 bits per heavy atom. The number of esters is 1. The normalized spacial score (nSPS) is 16.7. The zero-order valence-electron chi connectivity index (χ0n) is 19.9. The maximum Gasteiger partial charge on any atom is 0.312 e. The lowest BCUT2D eigenvalue weighted by molar-refractivity contribution is -0.162. The third-order valence-electron chi connectivity index (χ3n) is 5.12. The van der Waals surface area contributed by atoms with Crippen LogP contribution in [0, 0.1) is 5.41 Å². The summed E-state index contributed by atoms with van der Waals surface area (Å²) in [6.45, 7) is 8.00. The predicted octanol–water partition coefficient (Wildman–Crippen LogP) is 8.42. The zero-order chi connectivity index (χ0) is 22.1. The Morgan fingerprint density at radius 2 is 1.23 bits per heavy atom. The summed E-state index contributed by atoms with van der Waals surface area (Å²) in [6.07, 6.45) is 33.8. The molecular formula is C28H44O2. The van der Waals surface area contributed by atoms with Crippen LogP contribution >= 0.6 is 0 Å². The zero-order valence-corrected chi connectivity index (χ0v) is 19.9. The average molecular weight is 413 g/mol. The van der Waals surface area contributed by atoms with Gasteiger partial charge >= 0.3 is 5.97 Å². The summed E-state index contributed by atoms with van der Waals surface area (Å²) >= 11 is 0. The molecule has 0 heterocycles. The Bertz CT molecular complexity index is 607. The number of carbonyl (C=O) groups excluding carboxylic acids is 1. The summed E-state index contributed by atoms with van der Waals surface area (Å²) in [7, 11) is 0. The Kier molecular flexibility index (Phi) is 13.1. The Balaban J connectivity index is 2.01. The number of ether oxygens (including phenoxy) is 1. The minimum Gasteiger partial charge on any atom is -0.460 e. The number of unbranched alkanes of at least 4 members (excludes halogenated alkanes) is 2. The fourth-order valence-electron chi connectivity index (χ4n) is 3.19. The summed E-state index contributed by atoms with van der Waals surface area (Å²) in [4.78, 5) is 12.3. The van der Waals surface area contributed by atoms with Crippen LogP contribution in [-0.4, -0.2) is 11.6 Å². The topological polar surface area (TPSA) is 26.3 Å². The van der Waals surface area contributed by atoms with Gasteiger partial charge in [-0.25, -0.2) is 0 Å². The molecule has 168 valence electrons. The number of rotatable bonds is 15. The maximum atomic E-state index is 12.3. The molecule has 1 aliphatic carbocycles. The first-order chi connectivity index (χ1) is 14.4. The number of carbonyl (C=O) groups is 1. The van der Waals surface area contributed by atoms with Crippen molar-refractivity contribution in [3.05, 3.63) is 60.8 Å². The van der Waals surface area contributed by atoms with Gasteiger partial charge in [0.2, 0.25) is 0 Å². The van der Waals surface area contributed by atoms with Crippen LogP contribution in [0.4, 0.5) is 0 Å². The van der Waals surface area contributed by atoms with Gasteiger partial charge in [-0.2, -0.15) is 0 Å². The molecule has 0 saturated heterocycles. The van der Waals surface area contributed by atoms with Gasteiger partial charge in [0.05, 0.1) is 5.41 Å². The first kappa shape index (κ1) is 26.2. The SMILES string of the molecule is CC/C=C\C/C=C\C/C=C\C/C=C\C/C=C\CCCCC1(C(=O)OC(C)(C)C)CC1. The van der Waals surface area contributed by atoms with Crippen LogP contribution in [0.15, 0.2) is 60.8 Å². The standard InChI is InChI=1S/C28H44O2/c1-5-6-7-8-9-10-11-12-13-14-15-16-17-18-19-20-21-22-23-28(24-25-28)26(29)30-27(2,3)4/h6-7,9-10,12-13,15-16,18-19H,5,8,11,14,17,20-25H2,1-4H3/b7-6-,10-9-,13-12-,16-15-,19-18-. The highest BCUT2D eigenvalue weighted by Gasteiger charge is 2.51. The van der Waals surface area contributed by atoms with Gasteiger partial charge in [0, 0.05) is 0 Å². The quantitative estimate of drug-likeness (QED) is 0.153. The molecule has 0 bridgehead atoms. The molecule has 1 saturated carbocycles. The molecule has 0 spiro atoms. The molecule has 1 rings (SSSR count). The molecule has 0 unspecified atom stereocenters. The molecule has 0 aromatic rings. The summed E-state index contributed by atoms with van der Waals surface area (Å²) in [5.41, 5.74) is -0.531. The van der Waals surface area contributed by atoms with Crippen LogP contribution in [0.3, 0.4) is 0 Å². The summed E-state index contributed by atoms with van der Waals surface area (Å²) in [5.74, 6) is 0.0184. The molecule has 1 fully saturated rings. The number of hydrogen-bond donors (Lipinski definition) is 0. The van der Waals surface area contributed by atoms with Crippen molar-refractivity contribution < 1.29 is 9.53 Å². The smallest absolute Gasteiger partial charge is 0.312 e. The largest absolute Gasteiger partial charge is 0.460 e. The Morgan fingerprint density at radius 1 is 0.767 bits per heavy atom. The second kappa shape index (κ2) is 15.0. The van der Waals surface area contributed by atoms with Crippen molar-refractivity contribution in [1.29, 1.82) is 0 Å². The second-order valence-corrected chi connectivity index (χ2v) is 9.24. The van der Waals surface area contributed by atoms with E-state index in [9.17, 15) is 4.79 Å². The minimum absolute atomic E-state index is 0.0184. The van der Waals surface area contributed by atoms with Crippen molar-refractivity contribution in [1.82, 2.24) is 0 Å². The molecular weight excluding hydrogens is 368 g/mol. The summed E-state index contributed by atoms with van der Waals surface area (Å²) in [5, 5.41) is 0. The average Bonchev–Trinajstić information content (AvgIpc) is 3.47. The van der Waals surface area contributed by atoms with E-state index in [4.69, 9.17) is 4.74 Å². The molecule has 2 heteroatoms. The second-order valence-electron chi connectivity index (χ2n) is 9.24. The van der Waals surface area contributed by atoms with Crippen molar-refractivity contribution in [3.63, 3.8) is 0 Å². The monoisotopic (exact) mass is 412 g/mol. The van der Waals surface area contributed by atoms with E-state index in [2.05, 4.69) is 67.7 Å². The maximum absolute atomic E-state index is 12.3. The molecule has 30 heavy (non-hydrogen) atoms. The van der Waals surface area contributed by atoms with Crippen LogP contribution in [0.25, 0.3) is 0 Å². The van der Waals surface area contributed by atoms with Crippen molar-refractivity contribution in [3.8, 4) is 0 Å². The fraction of sp³-hybridized carbons (Fsp3) is 0.607. The van der Waals surface area contributed by atoms with E-state index in [0.29, 0.717) is 0 Å². The molecule has 0 amide bonds. The molecule has 0 aliphatic heterocycles. The van der Waals surface area contributed by atoms with E-state index in [1.54, 1.807) is 0 Å². The number of allylic oxidation sites excluding steroid dienone is 10. The van der Waals surface area contributed by atoms with Crippen molar-refractivity contribution in [2.75, 3.05) is 0 Å². The molecule has 0 N–H and O–H groups in total. The lowest BCUT2D eigenvalue weighted by atomic mass is 9.98. The number of hydrogen-bond acceptors (Lipinski definition) is 2. The van der Waals surface area contributed by atoms with Gasteiger partial charge in [0.1, 0.15) is 5.60 Å². The lowest BCUT2D eigenvalue weighted by Gasteiger charge is -2.23. The van der Waals surface area contributed by atoms with Crippen LogP contribution in [0.2, 0.25) is 0 Å². The first-order valence-corrected chi connectivity index (χ1v) is 11.9. The van der Waals surface area contributed by atoms with Gasteiger partial charge in [-0.05, 0) is 85.0 Å². The van der Waals surface area contributed by atoms with Gasteiger partial charge in [-0.15, -0.1) is 0 Å². The lowest BCUT2D eigenvalue weighted by Crippen LogP contribution is -2.29. The predicted molar refractivity (Wildman–Crippen MR) is 130 cm³/mol. The Labute approximate surface area is 185 Å². The van der Waals surface area contributed by atoms with E-state index >= 15 is 0 Å². The first-order valence-electron chi connectivity index (χ1n) is 11.9. The molecule has 2 nitrogen and oxygen atoms in total. The molecule has 1 aliphatic rings.